The van der Waals surface area contributed by atoms with Crippen LogP contribution in [-0.4, -0.2) is 18.3 Å². The number of hydrogen-bond donors (Lipinski definition) is 0. The fourth-order valence-corrected chi connectivity index (χ4v) is 3.01. The Morgan fingerprint density at radius 2 is 1.82 bits per heavy atom. The summed E-state index contributed by atoms with van der Waals surface area (Å²) in [6.07, 6.45) is 4.94. The highest BCUT2D eigenvalue weighted by Gasteiger charge is 2.51. The molecule has 0 spiro atoms. The molecule has 2 fully saturated rings. The van der Waals surface area contributed by atoms with Crippen molar-refractivity contribution in [3.05, 3.63) is 29.3 Å². The fourth-order valence-electron chi connectivity index (χ4n) is 3.01. The van der Waals surface area contributed by atoms with Crippen molar-refractivity contribution in [2.24, 2.45) is 5.92 Å². The third kappa shape index (κ3) is 2.68. The van der Waals surface area contributed by atoms with Gasteiger partial charge in [0.1, 0.15) is 0 Å². The molecular weight excluding hydrogens is 273 g/mol. The standard InChI is InChI=1S/C18H24BNO2/c1-17(2)18(3,4)22-19(21-17)16-9-8-14(15(11-16)12-20)10-13-6-5-7-13/h8-9,11,13H,5-7,10H2,1-4H3. The van der Waals surface area contributed by atoms with E-state index in [1.165, 1.54) is 19.3 Å². The summed E-state index contributed by atoms with van der Waals surface area (Å²) in [5.41, 5.74) is 2.16. The van der Waals surface area contributed by atoms with E-state index in [0.29, 0.717) is 0 Å². The lowest BCUT2D eigenvalue weighted by Crippen LogP contribution is -2.41. The van der Waals surface area contributed by atoms with Gasteiger partial charge in [0.15, 0.2) is 0 Å². The summed E-state index contributed by atoms with van der Waals surface area (Å²) in [7, 11) is -0.394. The summed E-state index contributed by atoms with van der Waals surface area (Å²) in [5, 5.41) is 9.46. The van der Waals surface area contributed by atoms with E-state index in [-0.39, 0.29) is 11.2 Å². The van der Waals surface area contributed by atoms with Gasteiger partial charge in [0.05, 0.1) is 22.8 Å². The number of benzene rings is 1. The molecule has 116 valence electrons. The Kier molecular flexibility index (Phi) is 3.83. The van der Waals surface area contributed by atoms with Gasteiger partial charge < -0.3 is 9.31 Å². The van der Waals surface area contributed by atoms with Gasteiger partial charge >= 0.3 is 7.12 Å². The van der Waals surface area contributed by atoms with Gasteiger partial charge in [-0.1, -0.05) is 31.4 Å². The smallest absolute Gasteiger partial charge is 0.399 e. The third-order valence-electron chi connectivity index (χ3n) is 5.51. The van der Waals surface area contributed by atoms with E-state index in [1.807, 2.05) is 33.8 Å². The molecule has 1 aromatic rings. The van der Waals surface area contributed by atoms with Crippen LogP contribution in [0.1, 0.15) is 58.1 Å². The Bertz CT molecular complexity index is 598. The van der Waals surface area contributed by atoms with Gasteiger partial charge in [0.25, 0.3) is 0 Å². The topological polar surface area (TPSA) is 42.2 Å². The molecule has 0 radical (unpaired) electrons. The van der Waals surface area contributed by atoms with Gasteiger partial charge in [-0.05, 0) is 57.1 Å². The summed E-state index contributed by atoms with van der Waals surface area (Å²) >= 11 is 0. The lowest BCUT2D eigenvalue weighted by atomic mass is 9.75. The SMILES string of the molecule is CC1(C)OB(c2ccc(CC3CCC3)c(C#N)c2)OC1(C)C. The van der Waals surface area contributed by atoms with Crippen molar-refractivity contribution in [1.29, 1.82) is 5.26 Å². The second-order valence-electron chi connectivity index (χ2n) is 7.62. The second kappa shape index (κ2) is 5.40. The molecule has 4 heteroatoms. The Morgan fingerprint density at radius 3 is 2.32 bits per heavy atom. The molecule has 1 aromatic carbocycles. The van der Waals surface area contributed by atoms with Crippen molar-refractivity contribution < 1.29 is 9.31 Å². The Balaban J connectivity index is 1.82. The Hall–Kier alpha value is -1.31. The lowest BCUT2D eigenvalue weighted by Gasteiger charge is -2.32. The lowest BCUT2D eigenvalue weighted by molar-refractivity contribution is 0.00578. The zero-order valence-electron chi connectivity index (χ0n) is 14.0. The molecule has 0 bridgehead atoms. The van der Waals surface area contributed by atoms with Gasteiger partial charge in [-0.2, -0.15) is 5.26 Å². The third-order valence-corrected chi connectivity index (χ3v) is 5.51. The number of nitriles is 1. The van der Waals surface area contributed by atoms with Crippen LogP contribution in [0.15, 0.2) is 18.2 Å². The van der Waals surface area contributed by atoms with Crippen LogP contribution in [0.4, 0.5) is 0 Å². The van der Waals surface area contributed by atoms with E-state index in [0.717, 1.165) is 28.9 Å². The maximum Gasteiger partial charge on any atom is 0.494 e. The zero-order valence-corrected chi connectivity index (χ0v) is 14.0. The quantitative estimate of drug-likeness (QED) is 0.805. The zero-order chi connectivity index (χ0) is 16.0. The van der Waals surface area contributed by atoms with Crippen molar-refractivity contribution >= 4 is 12.6 Å². The molecule has 1 aliphatic carbocycles. The second-order valence-corrected chi connectivity index (χ2v) is 7.62. The maximum atomic E-state index is 9.46. The number of hydrogen-bond acceptors (Lipinski definition) is 3. The minimum absolute atomic E-state index is 0.352. The van der Waals surface area contributed by atoms with E-state index in [9.17, 15) is 5.26 Å². The van der Waals surface area contributed by atoms with E-state index in [1.54, 1.807) is 0 Å². The summed E-state index contributed by atoms with van der Waals surface area (Å²) in [6, 6.07) is 8.42. The summed E-state index contributed by atoms with van der Waals surface area (Å²) in [6.45, 7) is 8.18. The van der Waals surface area contributed by atoms with Crippen LogP contribution in [0, 0.1) is 17.2 Å². The van der Waals surface area contributed by atoms with Gasteiger partial charge in [-0.3, -0.25) is 0 Å². The molecular formula is C18H24BNO2. The van der Waals surface area contributed by atoms with Crippen LogP contribution in [0.2, 0.25) is 0 Å². The Morgan fingerprint density at radius 1 is 1.18 bits per heavy atom. The first-order chi connectivity index (χ1) is 10.3. The van der Waals surface area contributed by atoms with E-state index >= 15 is 0 Å². The first-order valence-electron chi connectivity index (χ1n) is 8.21. The molecule has 0 aromatic heterocycles. The predicted octanol–water partition coefficient (Wildman–Crippen LogP) is 3.20. The molecule has 3 nitrogen and oxygen atoms in total. The average Bonchev–Trinajstić information content (AvgIpc) is 2.63. The van der Waals surface area contributed by atoms with Crippen LogP contribution >= 0.6 is 0 Å². The molecule has 0 atom stereocenters. The highest BCUT2D eigenvalue weighted by atomic mass is 16.7. The molecule has 0 amide bonds. The van der Waals surface area contributed by atoms with E-state index < -0.39 is 7.12 Å². The highest BCUT2D eigenvalue weighted by Crippen LogP contribution is 2.36. The minimum atomic E-state index is -0.394. The number of nitrogens with zero attached hydrogens (tertiary/aromatic N) is 1. The van der Waals surface area contributed by atoms with Crippen molar-refractivity contribution in [2.45, 2.75) is 64.6 Å². The van der Waals surface area contributed by atoms with Crippen LogP contribution < -0.4 is 5.46 Å². The summed E-state index contributed by atoms with van der Waals surface area (Å²) < 4.78 is 12.1. The largest absolute Gasteiger partial charge is 0.494 e. The molecule has 3 rings (SSSR count). The number of rotatable bonds is 3. The van der Waals surface area contributed by atoms with Crippen LogP contribution in [-0.2, 0) is 15.7 Å². The monoisotopic (exact) mass is 297 g/mol. The Labute approximate surface area is 133 Å². The van der Waals surface area contributed by atoms with E-state index in [4.69, 9.17) is 9.31 Å². The van der Waals surface area contributed by atoms with Crippen molar-refractivity contribution in [3.63, 3.8) is 0 Å². The van der Waals surface area contributed by atoms with Crippen molar-refractivity contribution in [1.82, 2.24) is 0 Å². The average molecular weight is 297 g/mol. The fraction of sp³-hybridized carbons (Fsp3) is 0.611. The summed E-state index contributed by atoms with van der Waals surface area (Å²) in [5.74, 6) is 0.759. The predicted molar refractivity (Wildman–Crippen MR) is 87.9 cm³/mol. The first kappa shape index (κ1) is 15.6. The van der Waals surface area contributed by atoms with Gasteiger partial charge in [0, 0.05) is 0 Å². The highest BCUT2D eigenvalue weighted by molar-refractivity contribution is 6.62. The van der Waals surface area contributed by atoms with Gasteiger partial charge in [-0.25, -0.2) is 0 Å². The summed E-state index contributed by atoms with van der Waals surface area (Å²) in [4.78, 5) is 0. The minimum Gasteiger partial charge on any atom is -0.399 e. The molecule has 2 aliphatic rings. The van der Waals surface area contributed by atoms with Crippen molar-refractivity contribution in [3.8, 4) is 6.07 Å². The van der Waals surface area contributed by atoms with Crippen molar-refractivity contribution in [2.75, 3.05) is 0 Å². The first-order valence-corrected chi connectivity index (χ1v) is 8.21. The molecule has 22 heavy (non-hydrogen) atoms. The molecule has 1 heterocycles. The van der Waals surface area contributed by atoms with Gasteiger partial charge in [0.2, 0.25) is 0 Å². The van der Waals surface area contributed by atoms with Crippen LogP contribution in [0.5, 0.6) is 0 Å². The molecule has 0 unspecified atom stereocenters. The maximum absolute atomic E-state index is 9.46. The van der Waals surface area contributed by atoms with Crippen LogP contribution in [0.3, 0.4) is 0 Å². The molecule has 1 saturated heterocycles. The molecule has 1 aliphatic heterocycles. The molecule has 1 saturated carbocycles. The normalized spacial score (nSPS) is 23.1. The van der Waals surface area contributed by atoms with E-state index in [2.05, 4.69) is 18.2 Å². The van der Waals surface area contributed by atoms with Crippen LogP contribution in [0.25, 0.3) is 0 Å². The molecule has 0 N–H and O–H groups in total. The van der Waals surface area contributed by atoms with Gasteiger partial charge in [-0.15, -0.1) is 0 Å².